The normalized spacial score (nSPS) is 12.0. The number of hydrogen-bond donors (Lipinski definition) is 2. The van der Waals surface area contributed by atoms with Crippen LogP contribution in [-0.2, 0) is 0 Å². The van der Waals surface area contributed by atoms with Gasteiger partial charge in [-0.1, -0.05) is 24.3 Å². The number of nitrogens with one attached hydrogen (secondary N) is 2. The van der Waals surface area contributed by atoms with Gasteiger partial charge in [0.15, 0.2) is 0 Å². The molecule has 0 unspecified atom stereocenters. The number of hydrogen-bond acceptors (Lipinski definition) is 4. The number of phenolic OH excluding ortho intramolecular Hbond substituents is 1. The topological polar surface area (TPSA) is 62.5 Å². The van der Waals surface area contributed by atoms with E-state index in [1.165, 1.54) is 5.69 Å². The molecule has 0 aliphatic carbocycles. The smallest absolute Gasteiger partial charge is 0.273 e. The van der Waals surface area contributed by atoms with E-state index in [9.17, 15) is 5.11 Å². The molecule has 0 bridgehead atoms. The lowest BCUT2D eigenvalue weighted by molar-refractivity contribution is -0.361. The second-order valence-corrected chi connectivity index (χ2v) is 7.70. The van der Waals surface area contributed by atoms with Crippen molar-refractivity contribution in [1.82, 2.24) is 4.98 Å². The van der Waals surface area contributed by atoms with Crippen LogP contribution in [0.1, 0.15) is 36.6 Å². The Morgan fingerprint density at radius 3 is 2.52 bits per heavy atom. The van der Waals surface area contributed by atoms with Crippen LogP contribution in [-0.4, -0.2) is 23.2 Å². The molecule has 0 radical (unpaired) electrons. The summed E-state index contributed by atoms with van der Waals surface area (Å²) in [7, 11) is 0. The van der Waals surface area contributed by atoms with Crippen molar-refractivity contribution in [2.24, 2.45) is 0 Å². The summed E-state index contributed by atoms with van der Waals surface area (Å²) in [6.45, 7) is 8.31. The lowest BCUT2D eigenvalue weighted by atomic mass is 9.96. The van der Waals surface area contributed by atoms with Crippen LogP contribution in [0, 0.1) is 6.92 Å². The molecule has 5 heteroatoms. The highest BCUT2D eigenvalue weighted by Crippen LogP contribution is 2.36. The third-order valence-electron chi connectivity index (χ3n) is 5.70. The average Bonchev–Trinajstić information content (AvgIpc) is 2.80. The van der Waals surface area contributed by atoms with Gasteiger partial charge in [-0.25, -0.2) is 4.98 Å². The van der Waals surface area contributed by atoms with Crippen LogP contribution < -0.4 is 15.2 Å². The zero-order valence-corrected chi connectivity index (χ0v) is 18.3. The first kappa shape index (κ1) is 20.7. The van der Waals surface area contributed by atoms with E-state index in [0.717, 1.165) is 41.0 Å². The third kappa shape index (κ3) is 4.31. The maximum absolute atomic E-state index is 11.1. The summed E-state index contributed by atoms with van der Waals surface area (Å²) in [4.78, 5) is 9.99. The number of nitrogens with zero attached hydrogens (tertiary/aromatic N) is 2. The fraction of sp³-hybridized carbons (Fsp3) is 0.231. The van der Waals surface area contributed by atoms with Gasteiger partial charge in [-0.15, -0.1) is 0 Å². The first-order valence-corrected chi connectivity index (χ1v) is 10.8. The number of fused-ring (bicyclic) bond motifs is 1. The van der Waals surface area contributed by atoms with Crippen molar-refractivity contribution in [2.45, 2.75) is 26.8 Å². The number of pyridine rings is 2. The van der Waals surface area contributed by atoms with Crippen LogP contribution in [0.15, 0.2) is 73.1 Å². The van der Waals surface area contributed by atoms with E-state index >= 15 is 0 Å². The Morgan fingerprint density at radius 1 is 1.03 bits per heavy atom. The van der Waals surface area contributed by atoms with Gasteiger partial charge in [0.05, 0.1) is 6.20 Å². The van der Waals surface area contributed by atoms with E-state index in [1.54, 1.807) is 6.20 Å². The van der Waals surface area contributed by atoms with Gasteiger partial charge in [-0.05, 0) is 56.7 Å². The molecule has 0 spiro atoms. The Kier molecular flexibility index (Phi) is 6.03. The Hall–Kier alpha value is -3.60. The molecule has 0 aliphatic rings. The molecule has 1 atom stereocenters. The summed E-state index contributed by atoms with van der Waals surface area (Å²) in [6, 6.07) is 20.2. The lowest BCUT2D eigenvalue weighted by Crippen LogP contribution is -2.22. The Bertz CT molecular complexity index is 1170. The van der Waals surface area contributed by atoms with E-state index in [1.807, 2.05) is 36.5 Å². The SMILES string of the molecule is CCN(CC)c1ccc([C@H](Nc2cc(C)cc[nH+]2)c2ccc3cccnc3c2O)cc1. The molecule has 5 nitrogen and oxygen atoms in total. The molecule has 158 valence electrons. The van der Waals surface area contributed by atoms with E-state index in [-0.39, 0.29) is 11.8 Å². The van der Waals surface area contributed by atoms with E-state index in [4.69, 9.17) is 0 Å². The monoisotopic (exact) mass is 413 g/mol. The number of phenols is 1. The molecule has 0 saturated carbocycles. The summed E-state index contributed by atoms with van der Waals surface area (Å²) in [5.41, 5.74) is 4.81. The molecule has 4 rings (SSSR count). The highest BCUT2D eigenvalue weighted by molar-refractivity contribution is 5.86. The van der Waals surface area contributed by atoms with Crippen LogP contribution in [0.4, 0.5) is 11.5 Å². The molecule has 2 heterocycles. The van der Waals surface area contributed by atoms with E-state index in [2.05, 4.69) is 71.3 Å². The predicted molar refractivity (Wildman–Crippen MR) is 127 cm³/mol. The quantitative estimate of drug-likeness (QED) is 0.442. The highest BCUT2D eigenvalue weighted by Gasteiger charge is 2.24. The maximum Gasteiger partial charge on any atom is 0.273 e. The van der Waals surface area contributed by atoms with Crippen molar-refractivity contribution >= 4 is 22.4 Å². The van der Waals surface area contributed by atoms with Gasteiger partial charge >= 0.3 is 0 Å². The minimum atomic E-state index is -0.241. The predicted octanol–water partition coefficient (Wildman–Crippen LogP) is 5.11. The Morgan fingerprint density at radius 2 is 1.81 bits per heavy atom. The van der Waals surface area contributed by atoms with Crippen LogP contribution in [0.5, 0.6) is 5.75 Å². The maximum atomic E-state index is 11.1. The largest absolute Gasteiger partial charge is 0.505 e. The number of anilines is 2. The lowest BCUT2D eigenvalue weighted by Gasteiger charge is -2.22. The molecular weight excluding hydrogens is 384 g/mol. The third-order valence-corrected chi connectivity index (χ3v) is 5.70. The van der Waals surface area contributed by atoms with Crippen molar-refractivity contribution in [3.8, 4) is 5.75 Å². The van der Waals surface area contributed by atoms with E-state index < -0.39 is 0 Å². The number of H-pyrrole nitrogens is 1. The zero-order valence-electron chi connectivity index (χ0n) is 18.3. The molecule has 0 amide bonds. The van der Waals surface area contributed by atoms with Crippen LogP contribution in [0.25, 0.3) is 10.9 Å². The van der Waals surface area contributed by atoms with Gasteiger partial charge in [0, 0.05) is 47.6 Å². The Balaban J connectivity index is 1.79. The van der Waals surface area contributed by atoms with Gasteiger partial charge < -0.3 is 10.0 Å². The van der Waals surface area contributed by atoms with Crippen molar-refractivity contribution < 1.29 is 10.1 Å². The van der Waals surface area contributed by atoms with Crippen LogP contribution in [0.3, 0.4) is 0 Å². The van der Waals surface area contributed by atoms with Gasteiger partial charge in [-0.2, -0.15) is 0 Å². The van der Waals surface area contributed by atoms with Crippen LogP contribution in [0.2, 0.25) is 0 Å². The molecule has 2 aromatic carbocycles. The molecule has 3 N–H and O–H groups in total. The molecular formula is C26H29N4O+. The van der Waals surface area contributed by atoms with Crippen molar-refractivity contribution in [2.75, 3.05) is 23.3 Å². The van der Waals surface area contributed by atoms with Crippen molar-refractivity contribution in [1.29, 1.82) is 0 Å². The average molecular weight is 414 g/mol. The Labute approximate surface area is 183 Å². The summed E-state index contributed by atoms with van der Waals surface area (Å²) in [5, 5.41) is 15.6. The minimum absolute atomic E-state index is 0.205. The van der Waals surface area contributed by atoms with E-state index in [0.29, 0.717) is 5.52 Å². The molecule has 0 aliphatic heterocycles. The number of benzene rings is 2. The number of aromatic amines is 1. The standard InChI is InChI=1S/C26H28N4O/c1-4-30(5-2)21-11-8-20(9-12-21)24(29-23-17-18(3)14-16-27-23)22-13-10-19-7-6-15-28-25(19)26(22)31/h6-17,24,31H,4-5H2,1-3H3,(H,27,29)/p+1/t24-/m0/s1. The number of rotatable bonds is 7. The fourth-order valence-corrected chi connectivity index (χ4v) is 4.00. The van der Waals surface area contributed by atoms with Gasteiger partial charge in [-0.3, -0.25) is 10.3 Å². The molecule has 2 aromatic heterocycles. The number of aromatic hydroxyl groups is 1. The fourth-order valence-electron chi connectivity index (χ4n) is 4.00. The molecule has 0 saturated heterocycles. The molecule has 31 heavy (non-hydrogen) atoms. The van der Waals surface area contributed by atoms with Gasteiger partial charge in [0.25, 0.3) is 5.82 Å². The summed E-state index contributed by atoms with van der Waals surface area (Å²) in [5.74, 6) is 1.09. The van der Waals surface area contributed by atoms with Gasteiger partial charge in [0.1, 0.15) is 17.3 Å². The van der Waals surface area contributed by atoms with Crippen molar-refractivity contribution in [3.05, 3.63) is 89.7 Å². The number of aromatic nitrogens is 2. The minimum Gasteiger partial charge on any atom is -0.505 e. The van der Waals surface area contributed by atoms with Crippen molar-refractivity contribution in [3.63, 3.8) is 0 Å². The second kappa shape index (κ2) is 9.04. The van der Waals surface area contributed by atoms with Crippen LogP contribution >= 0.6 is 0 Å². The first-order valence-electron chi connectivity index (χ1n) is 10.8. The highest BCUT2D eigenvalue weighted by atomic mass is 16.3. The molecule has 0 fully saturated rings. The summed E-state index contributed by atoms with van der Waals surface area (Å²) < 4.78 is 0. The summed E-state index contributed by atoms with van der Waals surface area (Å²) in [6.07, 6.45) is 3.63. The second-order valence-electron chi connectivity index (χ2n) is 7.70. The number of aryl methyl sites for hydroxylation is 1. The summed E-state index contributed by atoms with van der Waals surface area (Å²) >= 11 is 0. The molecule has 4 aromatic rings. The van der Waals surface area contributed by atoms with Gasteiger partial charge in [0.2, 0.25) is 0 Å². The first-order chi connectivity index (χ1) is 15.1. The zero-order chi connectivity index (χ0) is 21.8.